The largest absolute Gasteiger partial charge is 0.348 e. The minimum absolute atomic E-state index is 0.101. The molecule has 110 valence electrons. The molecular weight excluding hydrogens is 307 g/mol. The lowest BCUT2D eigenvalue weighted by atomic mass is 9.99. The number of nitrogens with zero attached hydrogens (tertiary/aromatic N) is 2. The summed E-state index contributed by atoms with van der Waals surface area (Å²) in [6, 6.07) is 9.55. The monoisotopic (exact) mass is 322 g/mol. The van der Waals surface area contributed by atoms with Crippen LogP contribution < -0.4 is 0 Å². The Balaban J connectivity index is 2.09. The van der Waals surface area contributed by atoms with E-state index in [-0.39, 0.29) is 11.9 Å². The molecule has 0 saturated heterocycles. The predicted octanol–water partition coefficient (Wildman–Crippen LogP) is 4.14. The molecule has 2 heterocycles. The van der Waals surface area contributed by atoms with Crippen molar-refractivity contribution in [2.75, 3.05) is 6.54 Å². The van der Waals surface area contributed by atoms with Gasteiger partial charge in [-0.25, -0.2) is 0 Å². The normalized spacial score (nSPS) is 17.7. The molecule has 1 aromatic carbocycles. The van der Waals surface area contributed by atoms with E-state index in [0.29, 0.717) is 23.0 Å². The van der Waals surface area contributed by atoms with Gasteiger partial charge in [0.25, 0.3) is 0 Å². The molecule has 1 aromatic heterocycles. The number of aromatic nitrogens is 1. The van der Waals surface area contributed by atoms with Crippen molar-refractivity contribution in [3.63, 3.8) is 0 Å². The summed E-state index contributed by atoms with van der Waals surface area (Å²) in [4.78, 5) is 14.2. The van der Waals surface area contributed by atoms with Gasteiger partial charge in [0, 0.05) is 31.4 Å². The molecule has 0 unspecified atom stereocenters. The number of carbonyl (C=O) groups excluding carboxylic acids is 1. The third-order valence-corrected chi connectivity index (χ3v) is 4.66. The van der Waals surface area contributed by atoms with Crippen LogP contribution in [0.3, 0.4) is 0 Å². The quantitative estimate of drug-likeness (QED) is 0.815. The highest BCUT2D eigenvalue weighted by Gasteiger charge is 2.31. The second-order valence-electron chi connectivity index (χ2n) is 5.14. The van der Waals surface area contributed by atoms with Crippen molar-refractivity contribution in [3.05, 3.63) is 57.8 Å². The first-order chi connectivity index (χ1) is 10.1. The van der Waals surface area contributed by atoms with Crippen LogP contribution in [0.5, 0.6) is 0 Å². The summed E-state index contributed by atoms with van der Waals surface area (Å²) in [7, 11) is 0. The summed E-state index contributed by atoms with van der Waals surface area (Å²) in [5.74, 6) is 0.151. The number of carbonyl (C=O) groups is 1. The summed E-state index contributed by atoms with van der Waals surface area (Å²) in [5, 5.41) is 1.04. The van der Waals surface area contributed by atoms with E-state index in [1.807, 2.05) is 36.2 Å². The van der Waals surface area contributed by atoms with Crippen LogP contribution in [0, 0.1) is 0 Å². The molecule has 3 nitrogen and oxygen atoms in total. The number of hydrogen-bond donors (Lipinski definition) is 0. The second-order valence-corrected chi connectivity index (χ2v) is 5.96. The van der Waals surface area contributed by atoms with Gasteiger partial charge in [-0.05, 0) is 29.8 Å². The van der Waals surface area contributed by atoms with E-state index in [0.717, 1.165) is 17.8 Å². The number of rotatable bonds is 2. The summed E-state index contributed by atoms with van der Waals surface area (Å²) in [6.07, 6.45) is 2.55. The van der Waals surface area contributed by atoms with Crippen LogP contribution in [-0.4, -0.2) is 21.9 Å². The molecule has 0 saturated carbocycles. The smallest absolute Gasteiger partial charge is 0.223 e. The maximum absolute atomic E-state index is 12.3. The van der Waals surface area contributed by atoms with Crippen molar-refractivity contribution >= 4 is 29.1 Å². The lowest BCUT2D eigenvalue weighted by Gasteiger charge is -2.37. The third-order valence-electron chi connectivity index (χ3n) is 3.92. The molecule has 0 spiro atoms. The van der Waals surface area contributed by atoms with Crippen molar-refractivity contribution < 1.29 is 4.79 Å². The fourth-order valence-electron chi connectivity index (χ4n) is 2.89. The summed E-state index contributed by atoms with van der Waals surface area (Å²) in [6.45, 7) is 3.42. The Bertz CT molecular complexity index is 681. The minimum Gasteiger partial charge on any atom is -0.348 e. The van der Waals surface area contributed by atoms with E-state index < -0.39 is 0 Å². The highest BCUT2D eigenvalue weighted by atomic mass is 35.5. The molecule has 3 rings (SSSR count). The highest BCUT2D eigenvalue weighted by Crippen LogP contribution is 2.35. The summed E-state index contributed by atoms with van der Waals surface area (Å²) < 4.78 is 2.19. The molecule has 0 radical (unpaired) electrons. The fraction of sp³-hybridized carbons (Fsp3) is 0.312. The average molecular weight is 323 g/mol. The Morgan fingerprint density at radius 1 is 1.24 bits per heavy atom. The van der Waals surface area contributed by atoms with Crippen molar-refractivity contribution in [2.45, 2.75) is 25.9 Å². The van der Waals surface area contributed by atoms with E-state index in [2.05, 4.69) is 10.6 Å². The molecule has 1 atom stereocenters. The van der Waals surface area contributed by atoms with Crippen LogP contribution in [0.4, 0.5) is 0 Å². The van der Waals surface area contributed by atoms with Crippen LogP contribution in [0.15, 0.2) is 36.5 Å². The Hall–Kier alpha value is -1.45. The van der Waals surface area contributed by atoms with Crippen LogP contribution in [0.2, 0.25) is 10.0 Å². The molecule has 1 amide bonds. The molecule has 21 heavy (non-hydrogen) atoms. The number of halogens is 2. The van der Waals surface area contributed by atoms with Gasteiger partial charge < -0.3 is 9.47 Å². The van der Waals surface area contributed by atoms with Crippen molar-refractivity contribution in [2.24, 2.45) is 0 Å². The van der Waals surface area contributed by atoms with E-state index in [4.69, 9.17) is 23.2 Å². The fourth-order valence-corrected chi connectivity index (χ4v) is 3.19. The number of fused-ring (bicyclic) bond motifs is 1. The summed E-state index contributed by atoms with van der Waals surface area (Å²) in [5.41, 5.74) is 2.10. The molecule has 1 aliphatic heterocycles. The molecule has 0 fully saturated rings. The first-order valence-electron chi connectivity index (χ1n) is 7.01. The van der Waals surface area contributed by atoms with Crippen molar-refractivity contribution in [3.8, 4) is 0 Å². The van der Waals surface area contributed by atoms with E-state index >= 15 is 0 Å². The zero-order valence-electron chi connectivity index (χ0n) is 11.7. The Morgan fingerprint density at radius 3 is 2.76 bits per heavy atom. The van der Waals surface area contributed by atoms with Crippen LogP contribution in [0.1, 0.15) is 30.6 Å². The first kappa shape index (κ1) is 14.5. The third kappa shape index (κ3) is 2.56. The van der Waals surface area contributed by atoms with Gasteiger partial charge in [-0.3, -0.25) is 4.79 Å². The van der Waals surface area contributed by atoms with Crippen molar-refractivity contribution in [1.82, 2.24) is 9.47 Å². The SMILES string of the molecule is CCC(=O)N1CCn2cccc2[C@@H]1c1ccc(Cl)c(Cl)c1. The number of hydrogen-bond acceptors (Lipinski definition) is 1. The maximum atomic E-state index is 12.3. The average Bonchev–Trinajstić information content (AvgIpc) is 2.96. The predicted molar refractivity (Wildman–Crippen MR) is 84.7 cm³/mol. The van der Waals surface area contributed by atoms with Gasteiger partial charge in [0.2, 0.25) is 5.91 Å². The Kier molecular flexibility index (Phi) is 3.96. The second kappa shape index (κ2) is 5.74. The molecule has 2 aromatic rings. The van der Waals surface area contributed by atoms with Gasteiger partial charge in [-0.15, -0.1) is 0 Å². The van der Waals surface area contributed by atoms with Gasteiger partial charge in [-0.2, -0.15) is 0 Å². The first-order valence-corrected chi connectivity index (χ1v) is 7.77. The number of benzene rings is 1. The molecule has 0 aliphatic carbocycles. The van der Waals surface area contributed by atoms with Gasteiger partial charge in [-0.1, -0.05) is 36.2 Å². The van der Waals surface area contributed by atoms with Gasteiger partial charge >= 0.3 is 0 Å². The lowest BCUT2D eigenvalue weighted by Crippen LogP contribution is -2.42. The molecule has 1 aliphatic rings. The zero-order chi connectivity index (χ0) is 15.0. The van der Waals surface area contributed by atoms with Crippen LogP contribution in [-0.2, 0) is 11.3 Å². The molecule has 0 bridgehead atoms. The maximum Gasteiger partial charge on any atom is 0.223 e. The van der Waals surface area contributed by atoms with Crippen molar-refractivity contribution in [1.29, 1.82) is 0 Å². The van der Waals surface area contributed by atoms with Gasteiger partial charge in [0.1, 0.15) is 0 Å². The highest BCUT2D eigenvalue weighted by molar-refractivity contribution is 6.42. The van der Waals surface area contributed by atoms with Gasteiger partial charge in [0.15, 0.2) is 0 Å². The molecule has 5 heteroatoms. The Labute approximate surface area is 134 Å². The van der Waals surface area contributed by atoms with Gasteiger partial charge in [0.05, 0.1) is 16.1 Å². The zero-order valence-corrected chi connectivity index (χ0v) is 13.2. The molecular formula is C16H16Cl2N2O. The van der Waals surface area contributed by atoms with E-state index in [9.17, 15) is 4.79 Å². The number of amides is 1. The van der Waals surface area contributed by atoms with E-state index in [1.54, 1.807) is 6.07 Å². The Morgan fingerprint density at radius 2 is 2.05 bits per heavy atom. The lowest BCUT2D eigenvalue weighted by molar-refractivity contribution is -0.133. The molecule has 0 N–H and O–H groups in total. The minimum atomic E-state index is -0.101. The standard InChI is InChI=1S/C16H16Cl2N2O/c1-2-15(21)20-9-8-19-7-3-4-14(19)16(20)11-5-6-12(17)13(18)10-11/h3-7,10,16H,2,8-9H2,1H3/t16-/m0/s1. The van der Waals surface area contributed by atoms with E-state index in [1.165, 1.54) is 0 Å². The summed E-state index contributed by atoms with van der Waals surface area (Å²) >= 11 is 12.2. The topological polar surface area (TPSA) is 25.2 Å². The van der Waals surface area contributed by atoms with Crippen LogP contribution >= 0.6 is 23.2 Å². The van der Waals surface area contributed by atoms with Crippen LogP contribution in [0.25, 0.3) is 0 Å².